The van der Waals surface area contributed by atoms with Gasteiger partial charge in [-0.25, -0.2) is 4.79 Å². The van der Waals surface area contributed by atoms with E-state index < -0.39 is 6.03 Å². The Morgan fingerprint density at radius 2 is 2.19 bits per heavy atom. The molecule has 6 nitrogen and oxygen atoms in total. The molecule has 1 fully saturated rings. The van der Waals surface area contributed by atoms with Gasteiger partial charge in [-0.3, -0.25) is 15.0 Å². The number of carbonyl (C=O) groups excluding carboxylic acids is 2. The smallest absolute Gasteiger partial charge is 0.318 e. The average molecular weight is 228 g/mol. The van der Waals surface area contributed by atoms with Gasteiger partial charge in [-0.15, -0.1) is 0 Å². The van der Waals surface area contributed by atoms with Gasteiger partial charge in [0.15, 0.2) is 0 Å². The molecular weight excluding hydrogens is 208 g/mol. The lowest BCUT2D eigenvalue weighted by Gasteiger charge is -2.26. The Balaban J connectivity index is 2.53. The zero-order valence-electron chi connectivity index (χ0n) is 9.82. The number of rotatable bonds is 3. The molecule has 1 rings (SSSR count). The fourth-order valence-corrected chi connectivity index (χ4v) is 1.95. The van der Waals surface area contributed by atoms with E-state index in [1.807, 2.05) is 4.90 Å². The highest BCUT2D eigenvalue weighted by Gasteiger charge is 2.36. The van der Waals surface area contributed by atoms with Crippen LogP contribution in [0.25, 0.3) is 0 Å². The largest absolute Gasteiger partial charge is 0.351 e. The van der Waals surface area contributed by atoms with Gasteiger partial charge in [0.2, 0.25) is 5.91 Å². The molecule has 92 valence electrons. The van der Waals surface area contributed by atoms with Crippen molar-refractivity contribution in [3.05, 3.63) is 0 Å². The summed E-state index contributed by atoms with van der Waals surface area (Å²) in [4.78, 5) is 24.1. The maximum atomic E-state index is 11.6. The Morgan fingerprint density at radius 1 is 1.56 bits per heavy atom. The number of carbonyl (C=O) groups is 2. The lowest BCUT2D eigenvalue weighted by atomic mass is 9.90. The summed E-state index contributed by atoms with van der Waals surface area (Å²) >= 11 is 0. The summed E-state index contributed by atoms with van der Waals surface area (Å²) in [5, 5.41) is 2.09. The van der Waals surface area contributed by atoms with Crippen molar-refractivity contribution in [2.75, 3.05) is 19.6 Å². The monoisotopic (exact) mass is 228 g/mol. The standard InChI is InChI=1S/C10H20N4O2/c1-7(8(15)13-9(12)16)14-4-3-10(2,5-11)6-14/h7H,3-6,11H2,1-2H3,(H3,12,13,15,16). The van der Waals surface area contributed by atoms with Gasteiger partial charge in [0.25, 0.3) is 0 Å². The molecule has 0 saturated carbocycles. The molecule has 0 bridgehead atoms. The van der Waals surface area contributed by atoms with Gasteiger partial charge in [0.1, 0.15) is 0 Å². The van der Waals surface area contributed by atoms with Crippen LogP contribution in [-0.2, 0) is 4.79 Å². The zero-order chi connectivity index (χ0) is 12.3. The van der Waals surface area contributed by atoms with Gasteiger partial charge >= 0.3 is 6.03 Å². The number of hydrogen-bond acceptors (Lipinski definition) is 4. The summed E-state index contributed by atoms with van der Waals surface area (Å²) in [6.45, 7) is 6.07. The fourth-order valence-electron chi connectivity index (χ4n) is 1.95. The predicted octanol–water partition coefficient (Wildman–Crippen LogP) is -0.759. The minimum atomic E-state index is -0.808. The fraction of sp³-hybridized carbons (Fsp3) is 0.800. The second kappa shape index (κ2) is 4.80. The van der Waals surface area contributed by atoms with Crippen LogP contribution in [0.1, 0.15) is 20.3 Å². The van der Waals surface area contributed by atoms with E-state index in [0.29, 0.717) is 6.54 Å². The number of nitrogens with one attached hydrogen (secondary N) is 1. The molecule has 16 heavy (non-hydrogen) atoms. The van der Waals surface area contributed by atoms with Gasteiger partial charge in [-0.05, 0) is 31.8 Å². The van der Waals surface area contributed by atoms with Gasteiger partial charge in [-0.2, -0.15) is 0 Å². The first-order valence-electron chi connectivity index (χ1n) is 5.42. The number of imide groups is 1. The molecule has 1 aliphatic heterocycles. The average Bonchev–Trinajstić information content (AvgIpc) is 2.60. The van der Waals surface area contributed by atoms with E-state index in [2.05, 4.69) is 12.2 Å². The van der Waals surface area contributed by atoms with E-state index in [0.717, 1.165) is 19.5 Å². The first-order chi connectivity index (χ1) is 7.38. The van der Waals surface area contributed by atoms with E-state index in [1.54, 1.807) is 6.92 Å². The van der Waals surface area contributed by atoms with E-state index >= 15 is 0 Å². The van der Waals surface area contributed by atoms with Crippen LogP contribution >= 0.6 is 0 Å². The normalized spacial score (nSPS) is 27.7. The second-order valence-corrected chi connectivity index (χ2v) is 4.76. The third-order valence-corrected chi connectivity index (χ3v) is 3.25. The Kier molecular flexibility index (Phi) is 3.88. The Bertz CT molecular complexity index is 295. The van der Waals surface area contributed by atoms with E-state index in [4.69, 9.17) is 11.5 Å². The summed E-state index contributed by atoms with van der Waals surface area (Å²) in [5.74, 6) is -0.353. The van der Waals surface area contributed by atoms with Crippen LogP contribution in [0.2, 0.25) is 0 Å². The molecule has 2 atom stereocenters. The molecule has 0 aromatic carbocycles. The molecule has 5 N–H and O–H groups in total. The highest BCUT2D eigenvalue weighted by molar-refractivity contribution is 5.96. The molecule has 1 saturated heterocycles. The van der Waals surface area contributed by atoms with Crippen molar-refractivity contribution in [3.63, 3.8) is 0 Å². The minimum Gasteiger partial charge on any atom is -0.351 e. The van der Waals surface area contributed by atoms with Crippen molar-refractivity contribution >= 4 is 11.9 Å². The predicted molar refractivity (Wildman–Crippen MR) is 60.5 cm³/mol. The minimum absolute atomic E-state index is 0.0707. The third kappa shape index (κ3) is 2.93. The van der Waals surface area contributed by atoms with Crippen LogP contribution in [0.5, 0.6) is 0 Å². The Labute approximate surface area is 95.3 Å². The van der Waals surface area contributed by atoms with E-state index in [-0.39, 0.29) is 17.4 Å². The van der Waals surface area contributed by atoms with E-state index in [1.165, 1.54) is 0 Å². The summed E-state index contributed by atoms with van der Waals surface area (Å²) in [6, 6.07) is -1.15. The quantitative estimate of drug-likeness (QED) is 0.591. The molecule has 1 heterocycles. The van der Waals surface area contributed by atoms with Crippen LogP contribution < -0.4 is 16.8 Å². The summed E-state index contributed by atoms with van der Waals surface area (Å²) < 4.78 is 0. The molecule has 1 aliphatic rings. The lowest BCUT2D eigenvalue weighted by molar-refractivity contribution is -0.124. The number of urea groups is 1. The highest BCUT2D eigenvalue weighted by atomic mass is 16.2. The first-order valence-corrected chi connectivity index (χ1v) is 5.42. The summed E-state index contributed by atoms with van der Waals surface area (Å²) in [5.41, 5.74) is 10.7. The number of amides is 3. The lowest BCUT2D eigenvalue weighted by Crippen LogP contribution is -2.48. The molecule has 0 radical (unpaired) electrons. The van der Waals surface area contributed by atoms with Crippen LogP contribution in [0, 0.1) is 5.41 Å². The Morgan fingerprint density at radius 3 is 2.62 bits per heavy atom. The second-order valence-electron chi connectivity index (χ2n) is 4.76. The van der Waals surface area contributed by atoms with Crippen LogP contribution in [0.3, 0.4) is 0 Å². The summed E-state index contributed by atoms with van der Waals surface area (Å²) in [6.07, 6.45) is 0.970. The van der Waals surface area contributed by atoms with E-state index in [9.17, 15) is 9.59 Å². The van der Waals surface area contributed by atoms with Crippen molar-refractivity contribution in [2.45, 2.75) is 26.3 Å². The first kappa shape index (κ1) is 12.9. The number of nitrogens with zero attached hydrogens (tertiary/aromatic N) is 1. The maximum absolute atomic E-state index is 11.6. The molecular formula is C10H20N4O2. The van der Waals surface area contributed by atoms with Gasteiger partial charge in [-0.1, -0.05) is 6.92 Å². The van der Waals surface area contributed by atoms with Crippen molar-refractivity contribution in [1.29, 1.82) is 0 Å². The zero-order valence-corrected chi connectivity index (χ0v) is 9.82. The van der Waals surface area contributed by atoms with Crippen molar-refractivity contribution < 1.29 is 9.59 Å². The van der Waals surface area contributed by atoms with Crippen molar-refractivity contribution in [3.8, 4) is 0 Å². The van der Waals surface area contributed by atoms with Crippen LogP contribution in [0.4, 0.5) is 4.79 Å². The van der Waals surface area contributed by atoms with Gasteiger partial charge in [0, 0.05) is 6.54 Å². The number of nitrogens with two attached hydrogens (primary N) is 2. The number of hydrogen-bond donors (Lipinski definition) is 3. The van der Waals surface area contributed by atoms with Crippen molar-refractivity contribution in [2.24, 2.45) is 16.9 Å². The SMILES string of the molecule is CC(C(=O)NC(N)=O)N1CCC(C)(CN)C1. The van der Waals surface area contributed by atoms with Gasteiger partial charge < -0.3 is 11.5 Å². The van der Waals surface area contributed by atoms with Crippen molar-refractivity contribution in [1.82, 2.24) is 10.2 Å². The molecule has 3 amide bonds. The van der Waals surface area contributed by atoms with Crippen LogP contribution in [0.15, 0.2) is 0 Å². The topological polar surface area (TPSA) is 101 Å². The third-order valence-electron chi connectivity index (χ3n) is 3.25. The number of primary amides is 1. The molecule has 0 aromatic heterocycles. The highest BCUT2D eigenvalue weighted by Crippen LogP contribution is 2.29. The Hall–Kier alpha value is -1.14. The number of likely N-dealkylation sites (tertiary alicyclic amines) is 1. The van der Waals surface area contributed by atoms with Gasteiger partial charge in [0.05, 0.1) is 6.04 Å². The molecule has 2 unspecified atom stereocenters. The molecule has 0 aromatic rings. The maximum Gasteiger partial charge on any atom is 0.318 e. The molecule has 0 aliphatic carbocycles. The molecule has 0 spiro atoms. The summed E-state index contributed by atoms with van der Waals surface area (Å²) in [7, 11) is 0. The molecule has 6 heteroatoms. The van der Waals surface area contributed by atoms with Crippen LogP contribution in [-0.4, -0.2) is 42.5 Å².